The molecule has 0 aliphatic rings. The first-order chi connectivity index (χ1) is 7.61. The number of hydrogen-bond donors (Lipinski definition) is 3. The second-order valence-electron chi connectivity index (χ2n) is 3.47. The maximum absolute atomic E-state index is 10.4. The molecule has 16 heavy (non-hydrogen) atoms. The van der Waals surface area contributed by atoms with Crippen molar-refractivity contribution in [2.75, 3.05) is 19.0 Å². The SMILES string of the molecule is COc1ccc(NCC(N)CC(=O)O)cc1. The largest absolute Gasteiger partial charge is 0.497 e. The fourth-order valence-electron chi connectivity index (χ4n) is 1.25. The monoisotopic (exact) mass is 224 g/mol. The van der Waals surface area contributed by atoms with Gasteiger partial charge in [-0.3, -0.25) is 4.79 Å². The molecule has 4 N–H and O–H groups in total. The van der Waals surface area contributed by atoms with Crippen molar-refractivity contribution in [1.29, 1.82) is 0 Å². The first-order valence-corrected chi connectivity index (χ1v) is 4.97. The fourth-order valence-corrected chi connectivity index (χ4v) is 1.25. The molecular formula is C11H16N2O3. The average Bonchev–Trinajstić information content (AvgIpc) is 2.26. The molecule has 0 aliphatic heterocycles. The number of nitrogens with one attached hydrogen (secondary N) is 1. The van der Waals surface area contributed by atoms with Crippen LogP contribution < -0.4 is 15.8 Å². The van der Waals surface area contributed by atoms with Crippen molar-refractivity contribution in [3.8, 4) is 5.75 Å². The summed E-state index contributed by atoms with van der Waals surface area (Å²) in [7, 11) is 1.60. The first-order valence-electron chi connectivity index (χ1n) is 4.97. The quantitative estimate of drug-likeness (QED) is 0.668. The van der Waals surface area contributed by atoms with Gasteiger partial charge in [-0.25, -0.2) is 0 Å². The lowest BCUT2D eigenvalue weighted by Gasteiger charge is -2.11. The number of benzene rings is 1. The number of nitrogens with two attached hydrogens (primary N) is 1. The van der Waals surface area contributed by atoms with Crippen LogP contribution in [0.5, 0.6) is 5.75 Å². The lowest BCUT2D eigenvalue weighted by Crippen LogP contribution is -2.31. The summed E-state index contributed by atoms with van der Waals surface area (Å²) in [5.74, 6) is -0.107. The van der Waals surface area contributed by atoms with E-state index in [1.54, 1.807) is 7.11 Å². The van der Waals surface area contributed by atoms with Crippen LogP contribution in [0.1, 0.15) is 6.42 Å². The number of carboxylic acid groups (broad SMARTS) is 1. The molecule has 0 aromatic heterocycles. The molecule has 0 aliphatic carbocycles. The average molecular weight is 224 g/mol. The highest BCUT2D eigenvalue weighted by Gasteiger charge is 2.07. The van der Waals surface area contributed by atoms with Crippen LogP contribution >= 0.6 is 0 Å². The Labute approximate surface area is 94.2 Å². The van der Waals surface area contributed by atoms with Crippen LogP contribution in [0, 0.1) is 0 Å². The Bertz CT molecular complexity index is 338. The Kier molecular flexibility index (Phi) is 4.60. The molecule has 5 heteroatoms. The number of anilines is 1. The van der Waals surface area contributed by atoms with Gasteiger partial charge in [0.1, 0.15) is 5.75 Å². The Morgan fingerprint density at radius 2 is 2.12 bits per heavy atom. The zero-order valence-corrected chi connectivity index (χ0v) is 9.14. The van der Waals surface area contributed by atoms with Crippen molar-refractivity contribution in [2.24, 2.45) is 5.73 Å². The molecule has 1 atom stereocenters. The van der Waals surface area contributed by atoms with E-state index in [4.69, 9.17) is 15.6 Å². The van der Waals surface area contributed by atoms with Crippen LogP contribution in [-0.2, 0) is 4.79 Å². The van der Waals surface area contributed by atoms with Gasteiger partial charge < -0.3 is 20.9 Å². The number of ether oxygens (including phenoxy) is 1. The van der Waals surface area contributed by atoms with Crippen molar-refractivity contribution >= 4 is 11.7 Å². The van der Waals surface area contributed by atoms with Crippen molar-refractivity contribution in [2.45, 2.75) is 12.5 Å². The third-order valence-corrected chi connectivity index (χ3v) is 2.10. The molecule has 0 bridgehead atoms. The van der Waals surface area contributed by atoms with Crippen LogP contribution in [0.4, 0.5) is 5.69 Å². The van der Waals surface area contributed by atoms with Gasteiger partial charge in [-0.2, -0.15) is 0 Å². The van der Waals surface area contributed by atoms with Crippen molar-refractivity contribution in [1.82, 2.24) is 0 Å². The zero-order valence-electron chi connectivity index (χ0n) is 9.14. The van der Waals surface area contributed by atoms with E-state index in [0.717, 1.165) is 11.4 Å². The highest BCUT2D eigenvalue weighted by atomic mass is 16.5. The van der Waals surface area contributed by atoms with Crippen LogP contribution in [0.3, 0.4) is 0 Å². The van der Waals surface area contributed by atoms with E-state index in [2.05, 4.69) is 5.32 Å². The van der Waals surface area contributed by atoms with Crippen LogP contribution in [0.25, 0.3) is 0 Å². The van der Waals surface area contributed by atoms with Gasteiger partial charge in [0.2, 0.25) is 0 Å². The zero-order chi connectivity index (χ0) is 12.0. The van der Waals surface area contributed by atoms with Crippen molar-refractivity contribution < 1.29 is 14.6 Å². The molecule has 88 valence electrons. The van der Waals surface area contributed by atoms with E-state index in [1.165, 1.54) is 0 Å². The minimum absolute atomic E-state index is 0.0385. The number of carboxylic acids is 1. The van der Waals surface area contributed by atoms with E-state index in [1.807, 2.05) is 24.3 Å². The normalized spacial score (nSPS) is 11.9. The predicted octanol–water partition coefficient (Wildman–Crippen LogP) is 0.909. The van der Waals surface area contributed by atoms with Gasteiger partial charge in [-0.05, 0) is 24.3 Å². The van der Waals surface area contributed by atoms with Gasteiger partial charge in [-0.1, -0.05) is 0 Å². The molecule has 0 saturated carbocycles. The third-order valence-electron chi connectivity index (χ3n) is 2.10. The molecule has 1 unspecified atom stereocenters. The summed E-state index contributed by atoms with van der Waals surface area (Å²) >= 11 is 0. The fraction of sp³-hybridized carbons (Fsp3) is 0.364. The van der Waals surface area contributed by atoms with Crippen molar-refractivity contribution in [3.05, 3.63) is 24.3 Å². The van der Waals surface area contributed by atoms with Gasteiger partial charge in [0.05, 0.1) is 13.5 Å². The molecule has 1 rings (SSSR count). The molecule has 0 saturated heterocycles. The smallest absolute Gasteiger partial charge is 0.304 e. The molecule has 0 heterocycles. The number of carbonyl (C=O) groups is 1. The maximum Gasteiger partial charge on any atom is 0.304 e. The topological polar surface area (TPSA) is 84.6 Å². The van der Waals surface area contributed by atoms with E-state index in [-0.39, 0.29) is 12.5 Å². The number of rotatable bonds is 6. The van der Waals surface area contributed by atoms with Gasteiger partial charge in [0.15, 0.2) is 0 Å². The number of aliphatic carboxylic acids is 1. The molecule has 1 aromatic carbocycles. The Morgan fingerprint density at radius 1 is 1.50 bits per heavy atom. The van der Waals surface area contributed by atoms with Gasteiger partial charge in [0.25, 0.3) is 0 Å². The summed E-state index contributed by atoms with van der Waals surface area (Å²) in [5.41, 5.74) is 6.50. The van der Waals surface area contributed by atoms with Crippen LogP contribution in [-0.4, -0.2) is 30.8 Å². The first kappa shape index (κ1) is 12.3. The molecule has 1 aromatic rings. The number of hydrogen-bond acceptors (Lipinski definition) is 4. The minimum atomic E-state index is -0.885. The van der Waals surface area contributed by atoms with Gasteiger partial charge in [-0.15, -0.1) is 0 Å². The Hall–Kier alpha value is -1.75. The summed E-state index contributed by atoms with van der Waals surface area (Å²) < 4.78 is 5.02. The van der Waals surface area contributed by atoms with Gasteiger partial charge >= 0.3 is 5.97 Å². The highest BCUT2D eigenvalue weighted by Crippen LogP contribution is 2.14. The van der Waals surface area contributed by atoms with Crippen LogP contribution in [0.2, 0.25) is 0 Å². The lowest BCUT2D eigenvalue weighted by atomic mass is 10.2. The van der Waals surface area contributed by atoms with Gasteiger partial charge in [0, 0.05) is 18.3 Å². The van der Waals surface area contributed by atoms with E-state index < -0.39 is 5.97 Å². The minimum Gasteiger partial charge on any atom is -0.497 e. The molecule has 0 fully saturated rings. The maximum atomic E-state index is 10.4. The molecule has 0 amide bonds. The van der Waals surface area contributed by atoms with E-state index in [9.17, 15) is 4.79 Å². The highest BCUT2D eigenvalue weighted by molar-refractivity contribution is 5.67. The summed E-state index contributed by atoms with van der Waals surface area (Å²) in [6.07, 6.45) is -0.0385. The number of methoxy groups -OCH3 is 1. The molecule has 0 spiro atoms. The summed E-state index contributed by atoms with van der Waals surface area (Å²) in [6.45, 7) is 0.429. The summed E-state index contributed by atoms with van der Waals surface area (Å²) in [5, 5.41) is 11.6. The Balaban J connectivity index is 2.39. The van der Waals surface area contributed by atoms with E-state index in [0.29, 0.717) is 6.54 Å². The van der Waals surface area contributed by atoms with E-state index >= 15 is 0 Å². The Morgan fingerprint density at radius 3 is 2.62 bits per heavy atom. The second-order valence-corrected chi connectivity index (χ2v) is 3.47. The summed E-state index contributed by atoms with van der Waals surface area (Å²) in [6, 6.07) is 6.97. The predicted molar refractivity (Wildman–Crippen MR) is 61.7 cm³/mol. The third kappa shape index (κ3) is 4.18. The standard InChI is InChI=1S/C11H16N2O3/c1-16-10-4-2-9(3-5-10)13-7-8(12)6-11(14)15/h2-5,8,13H,6-7,12H2,1H3,(H,14,15). The second kappa shape index (κ2) is 5.97. The molecule has 5 nitrogen and oxygen atoms in total. The molecule has 0 radical (unpaired) electrons. The molecular weight excluding hydrogens is 208 g/mol. The van der Waals surface area contributed by atoms with Crippen LogP contribution in [0.15, 0.2) is 24.3 Å². The lowest BCUT2D eigenvalue weighted by molar-refractivity contribution is -0.137. The van der Waals surface area contributed by atoms with Crippen molar-refractivity contribution in [3.63, 3.8) is 0 Å². The summed E-state index contributed by atoms with van der Waals surface area (Å²) in [4.78, 5) is 10.4.